The van der Waals surface area contributed by atoms with Crippen LogP contribution in [0.1, 0.15) is 74.9 Å². The van der Waals surface area contributed by atoms with Gasteiger partial charge in [-0.3, -0.25) is 0 Å². The van der Waals surface area contributed by atoms with E-state index >= 15 is 0 Å². The van der Waals surface area contributed by atoms with Crippen molar-refractivity contribution in [2.24, 2.45) is 0 Å². The summed E-state index contributed by atoms with van der Waals surface area (Å²) < 4.78 is 0. The fraction of sp³-hybridized carbons (Fsp3) is 0.138. The normalized spacial score (nSPS) is 15.2. The van der Waals surface area contributed by atoms with Gasteiger partial charge in [0, 0.05) is 50.4 Å². The predicted octanol–water partition coefficient (Wildman–Crippen LogP) is 18.0. The average molecular weight is 876 g/mol. The number of benzene rings is 10. The smallest absolute Gasteiger partial charge is 0.0545 e. The van der Waals surface area contributed by atoms with Crippen LogP contribution in [0, 0.1) is 0 Å². The minimum Gasteiger partial charge on any atom is -0.310 e. The highest BCUT2D eigenvalue weighted by molar-refractivity contribution is 6.01. The number of anilines is 9. The largest absolute Gasteiger partial charge is 0.310 e. The molecule has 0 amide bonds. The van der Waals surface area contributed by atoms with E-state index < -0.39 is 0 Å². The molecule has 0 fully saturated rings. The molecule has 0 radical (unpaired) electrons. The standard InChI is InChI=1S/C65H53N3/c1-63(2)54-26-17-27-55-60(54)68-61-56(63)38-47(44-28-32-50(33-29-44)67(51-34-30-42-18-13-15-20-45(42)36-51)52-35-31-43-19-14-16-21-46(43)37-52)39-57(61)65(5,6)59-41-53(40-58(62(59)68)64(55,3)4)66(48-22-9-7-10-23-48)49-24-11-8-12-25-49/h7-41H,1-6H3. The van der Waals surface area contributed by atoms with Crippen molar-refractivity contribution in [3.8, 4) is 11.1 Å². The SMILES string of the molecule is CC1(C)c2cccc3c2N2c4c1cc(-c1ccc(N(c5ccc6ccccc6c5)c5ccc6ccccc6c5)cc1)cc4C(C)(C)c1cc(N(c4ccccc4)c4ccccc4)cc(c12)C3(C)C. The molecular weight excluding hydrogens is 823 g/mol. The summed E-state index contributed by atoms with van der Waals surface area (Å²) in [6, 6.07) is 78.9. The molecule has 0 N–H and O–H groups in total. The summed E-state index contributed by atoms with van der Waals surface area (Å²) in [5.74, 6) is 0. The van der Waals surface area contributed by atoms with Crippen LogP contribution in [0.2, 0.25) is 0 Å². The average Bonchev–Trinajstić information content (AvgIpc) is 3.36. The van der Waals surface area contributed by atoms with Gasteiger partial charge in [0.2, 0.25) is 0 Å². The Balaban J connectivity index is 0.999. The minimum absolute atomic E-state index is 0.247. The van der Waals surface area contributed by atoms with Crippen LogP contribution in [0.3, 0.4) is 0 Å². The van der Waals surface area contributed by atoms with E-state index in [0.29, 0.717) is 0 Å². The van der Waals surface area contributed by atoms with E-state index in [1.807, 2.05) is 0 Å². The maximum atomic E-state index is 2.68. The molecule has 68 heavy (non-hydrogen) atoms. The Labute approximate surface area is 400 Å². The highest BCUT2D eigenvalue weighted by Crippen LogP contribution is 2.67. The second-order valence-electron chi connectivity index (χ2n) is 20.7. The fourth-order valence-electron chi connectivity index (χ4n) is 12.0. The van der Waals surface area contributed by atoms with Gasteiger partial charge in [-0.25, -0.2) is 0 Å². The van der Waals surface area contributed by atoms with Crippen molar-refractivity contribution < 1.29 is 0 Å². The van der Waals surface area contributed by atoms with Crippen molar-refractivity contribution in [1.82, 2.24) is 0 Å². The molecule has 10 aromatic rings. The molecule has 0 atom stereocenters. The first-order chi connectivity index (χ1) is 33.0. The molecule has 3 aliphatic heterocycles. The van der Waals surface area contributed by atoms with Crippen molar-refractivity contribution >= 4 is 72.7 Å². The highest BCUT2D eigenvalue weighted by Gasteiger charge is 2.52. The third kappa shape index (κ3) is 5.84. The van der Waals surface area contributed by atoms with Crippen LogP contribution in [0.4, 0.5) is 51.2 Å². The zero-order valence-corrected chi connectivity index (χ0v) is 39.5. The summed E-state index contributed by atoms with van der Waals surface area (Å²) in [6.07, 6.45) is 0. The number of fused-ring (bicyclic) bond motifs is 2. The molecule has 3 heterocycles. The molecule has 0 saturated carbocycles. The van der Waals surface area contributed by atoms with Gasteiger partial charge in [0.1, 0.15) is 0 Å². The molecule has 0 spiro atoms. The number of para-hydroxylation sites is 3. The lowest BCUT2D eigenvalue weighted by molar-refractivity contribution is 0.567. The van der Waals surface area contributed by atoms with Crippen molar-refractivity contribution in [3.63, 3.8) is 0 Å². The summed E-state index contributed by atoms with van der Waals surface area (Å²) >= 11 is 0. The van der Waals surface area contributed by atoms with Crippen LogP contribution in [0.25, 0.3) is 32.7 Å². The van der Waals surface area contributed by atoms with Gasteiger partial charge in [0.25, 0.3) is 0 Å². The number of hydrogen-bond donors (Lipinski definition) is 0. The maximum Gasteiger partial charge on any atom is 0.0545 e. The zero-order valence-electron chi connectivity index (χ0n) is 39.5. The third-order valence-corrected chi connectivity index (χ3v) is 15.7. The lowest BCUT2D eigenvalue weighted by atomic mass is 9.60. The maximum absolute atomic E-state index is 2.68. The number of hydrogen-bond acceptors (Lipinski definition) is 3. The van der Waals surface area contributed by atoms with Crippen molar-refractivity contribution in [2.45, 2.75) is 57.8 Å². The van der Waals surface area contributed by atoms with E-state index in [2.05, 4.69) is 269 Å². The van der Waals surface area contributed by atoms with Crippen LogP contribution in [0.15, 0.2) is 212 Å². The lowest BCUT2D eigenvalue weighted by Crippen LogP contribution is -2.43. The van der Waals surface area contributed by atoms with E-state index in [9.17, 15) is 0 Å². The van der Waals surface area contributed by atoms with Gasteiger partial charge < -0.3 is 14.7 Å². The van der Waals surface area contributed by atoms with Crippen LogP contribution in [-0.2, 0) is 16.2 Å². The van der Waals surface area contributed by atoms with Gasteiger partial charge in [-0.2, -0.15) is 0 Å². The molecule has 0 aromatic heterocycles. The van der Waals surface area contributed by atoms with Crippen molar-refractivity contribution in [2.75, 3.05) is 14.7 Å². The lowest BCUT2D eigenvalue weighted by Gasteiger charge is -2.55. The third-order valence-electron chi connectivity index (χ3n) is 15.7. The van der Waals surface area contributed by atoms with Gasteiger partial charge >= 0.3 is 0 Å². The molecular formula is C65H53N3. The van der Waals surface area contributed by atoms with Gasteiger partial charge in [-0.1, -0.05) is 169 Å². The molecule has 0 unspecified atom stereocenters. The topological polar surface area (TPSA) is 9.72 Å². The van der Waals surface area contributed by atoms with Crippen LogP contribution in [-0.4, -0.2) is 0 Å². The molecule has 3 aliphatic rings. The molecule has 13 rings (SSSR count). The van der Waals surface area contributed by atoms with E-state index in [1.54, 1.807) is 0 Å². The first-order valence-corrected chi connectivity index (χ1v) is 24.1. The minimum atomic E-state index is -0.339. The Morgan fingerprint density at radius 1 is 0.265 bits per heavy atom. The van der Waals surface area contributed by atoms with E-state index in [1.165, 1.54) is 88.8 Å². The summed E-state index contributed by atoms with van der Waals surface area (Å²) in [7, 11) is 0. The van der Waals surface area contributed by atoms with Crippen LogP contribution >= 0.6 is 0 Å². The summed E-state index contributed by atoms with van der Waals surface area (Å²) in [5, 5.41) is 4.92. The number of nitrogens with zero attached hydrogens (tertiary/aromatic N) is 3. The highest BCUT2D eigenvalue weighted by atomic mass is 15.2. The Kier molecular flexibility index (Phi) is 8.65. The molecule has 0 aliphatic carbocycles. The zero-order chi connectivity index (χ0) is 46.1. The monoisotopic (exact) mass is 875 g/mol. The van der Waals surface area contributed by atoms with Crippen LogP contribution < -0.4 is 14.7 Å². The van der Waals surface area contributed by atoms with Crippen molar-refractivity contribution in [3.05, 3.63) is 246 Å². The number of rotatable bonds is 7. The van der Waals surface area contributed by atoms with Gasteiger partial charge in [0.05, 0.1) is 17.1 Å². The van der Waals surface area contributed by atoms with Gasteiger partial charge in [0.15, 0.2) is 0 Å². The summed E-state index contributed by atoms with van der Waals surface area (Å²) in [6.45, 7) is 14.7. The van der Waals surface area contributed by atoms with E-state index in [4.69, 9.17) is 0 Å². The second-order valence-corrected chi connectivity index (χ2v) is 20.7. The van der Waals surface area contributed by atoms with Gasteiger partial charge in [-0.05, 0) is 151 Å². The molecule has 10 aromatic carbocycles. The Hall–Kier alpha value is -7.88. The molecule has 328 valence electrons. The molecule has 3 nitrogen and oxygen atoms in total. The fourth-order valence-corrected chi connectivity index (χ4v) is 12.0. The van der Waals surface area contributed by atoms with Crippen LogP contribution in [0.5, 0.6) is 0 Å². The van der Waals surface area contributed by atoms with Gasteiger partial charge in [-0.15, -0.1) is 0 Å². The molecule has 3 heteroatoms. The quantitative estimate of drug-likeness (QED) is 0.158. The summed E-state index contributed by atoms with van der Waals surface area (Å²) in [5.41, 5.74) is 20.7. The van der Waals surface area contributed by atoms with E-state index in [-0.39, 0.29) is 16.2 Å². The molecule has 0 bridgehead atoms. The van der Waals surface area contributed by atoms with Crippen molar-refractivity contribution in [1.29, 1.82) is 0 Å². The Bertz CT molecular complexity index is 3540. The Morgan fingerprint density at radius 2 is 0.632 bits per heavy atom. The predicted molar refractivity (Wildman–Crippen MR) is 287 cm³/mol. The Morgan fingerprint density at radius 3 is 1.12 bits per heavy atom. The second kappa shape index (κ2) is 14.6. The molecule has 0 saturated heterocycles. The van der Waals surface area contributed by atoms with E-state index in [0.717, 1.165) is 28.4 Å². The first-order valence-electron chi connectivity index (χ1n) is 24.1. The summed E-state index contributed by atoms with van der Waals surface area (Å²) in [4.78, 5) is 7.52. The first kappa shape index (κ1) is 40.4.